The number of fused-ring (bicyclic) bond motifs is 1. The van der Waals surface area contributed by atoms with Crippen LogP contribution in [0.5, 0.6) is 5.75 Å². The van der Waals surface area contributed by atoms with E-state index in [2.05, 4.69) is 21.9 Å². The molecule has 2 aliphatic rings. The monoisotopic (exact) mass is 672 g/mol. The Bertz CT molecular complexity index is 1680. The lowest BCUT2D eigenvalue weighted by Crippen LogP contribution is -2.43. The van der Waals surface area contributed by atoms with Crippen molar-refractivity contribution in [3.63, 3.8) is 0 Å². The Hall–Kier alpha value is -4.55. The molecule has 47 heavy (non-hydrogen) atoms. The maximum atomic E-state index is 14.5. The maximum Gasteiger partial charge on any atom is 0.460 e. The van der Waals surface area contributed by atoms with Gasteiger partial charge in [0, 0.05) is 27.6 Å². The van der Waals surface area contributed by atoms with Crippen LogP contribution in [-0.2, 0) is 42.4 Å². The molecular weight excluding hydrogens is 635 g/mol. The maximum absolute atomic E-state index is 14.5. The van der Waals surface area contributed by atoms with Crippen LogP contribution < -0.4 is 15.3 Å². The van der Waals surface area contributed by atoms with Gasteiger partial charge in [-0.3, -0.25) is 23.9 Å². The number of hydrogen-bond donors (Lipinski definition) is 2. The molecule has 1 aromatic heterocycles. The quantitative estimate of drug-likeness (QED) is 0.109. The Labute approximate surface area is 271 Å². The molecule has 4 rings (SSSR count). The average molecular weight is 673 g/mol. The third-order valence-corrected chi connectivity index (χ3v) is 8.83. The minimum absolute atomic E-state index is 0.0750. The molecule has 16 nitrogen and oxygen atoms in total. The first-order valence-corrected chi connectivity index (χ1v) is 15.9. The minimum Gasteiger partial charge on any atom is -0.459 e. The van der Waals surface area contributed by atoms with Crippen LogP contribution in [0.2, 0.25) is 0 Å². The highest BCUT2D eigenvalue weighted by molar-refractivity contribution is 7.52. The fourth-order valence-corrected chi connectivity index (χ4v) is 7.07. The van der Waals surface area contributed by atoms with Gasteiger partial charge in [0.25, 0.3) is 0 Å². The van der Waals surface area contributed by atoms with Crippen molar-refractivity contribution in [2.45, 2.75) is 82.7 Å². The van der Waals surface area contributed by atoms with Crippen LogP contribution in [0, 0.1) is 11.3 Å². The molecule has 1 saturated heterocycles. The van der Waals surface area contributed by atoms with Crippen LogP contribution >= 0.6 is 7.75 Å². The van der Waals surface area contributed by atoms with Gasteiger partial charge >= 0.3 is 25.7 Å². The summed E-state index contributed by atoms with van der Waals surface area (Å²) in [4.78, 5) is 41.9. The van der Waals surface area contributed by atoms with E-state index < -0.39 is 66.8 Å². The van der Waals surface area contributed by atoms with Crippen molar-refractivity contribution >= 4 is 38.2 Å². The number of rotatable bonds is 12. The van der Waals surface area contributed by atoms with Gasteiger partial charge in [-0.1, -0.05) is 18.2 Å². The second kappa shape index (κ2) is 12.9. The highest BCUT2D eigenvalue weighted by Gasteiger charge is 2.95. The number of carbonyl (C=O) groups excluding carboxylic acids is 3. The molecule has 2 aromatic rings. The summed E-state index contributed by atoms with van der Waals surface area (Å²) >= 11 is 0. The summed E-state index contributed by atoms with van der Waals surface area (Å²) in [5, 5.41) is 17.1. The Morgan fingerprint density at radius 3 is 2.36 bits per heavy atom. The van der Waals surface area contributed by atoms with Gasteiger partial charge in [-0.25, -0.2) is 9.24 Å². The van der Waals surface area contributed by atoms with E-state index in [1.54, 1.807) is 45.0 Å². The highest BCUT2D eigenvalue weighted by atomic mass is 31.2. The van der Waals surface area contributed by atoms with Crippen LogP contribution in [0.15, 0.2) is 52.6 Å². The number of aromatic nitrogens is 1. The number of para-hydroxylation sites is 1. The fraction of sp³-hybridized carbons (Fsp3) is 0.467. The molecule has 0 radical (unpaired) electrons. The summed E-state index contributed by atoms with van der Waals surface area (Å²) in [6.07, 6.45) is -4.52. The van der Waals surface area contributed by atoms with Gasteiger partial charge in [-0.05, 0) is 52.0 Å². The van der Waals surface area contributed by atoms with E-state index in [0.29, 0.717) is 5.69 Å². The van der Waals surface area contributed by atoms with Crippen LogP contribution in [-0.4, -0.2) is 77.2 Å². The molecule has 1 unspecified atom stereocenters. The van der Waals surface area contributed by atoms with Crippen molar-refractivity contribution < 1.29 is 46.9 Å². The second-order valence-corrected chi connectivity index (χ2v) is 13.4. The van der Waals surface area contributed by atoms with Crippen molar-refractivity contribution in [2.75, 3.05) is 7.05 Å². The molecule has 1 saturated carbocycles. The van der Waals surface area contributed by atoms with E-state index in [4.69, 9.17) is 33.7 Å². The fourth-order valence-electron chi connectivity index (χ4n) is 5.35. The summed E-state index contributed by atoms with van der Waals surface area (Å²) < 4.78 is 50.6. The van der Waals surface area contributed by atoms with E-state index in [9.17, 15) is 24.2 Å². The summed E-state index contributed by atoms with van der Waals surface area (Å²) in [5.74, 6) is -2.34. The Kier molecular flexibility index (Phi) is 9.71. The summed E-state index contributed by atoms with van der Waals surface area (Å²) in [6, 6.07) is 11.7. The summed E-state index contributed by atoms with van der Waals surface area (Å²) in [5.41, 5.74) is 1.29. The number of nitriles is 1. The SMILES string of the molecule is C=Nn1c(/C(N)=N\C)ccc1[C@@H]1O[C@]2(C#N)C(O[P@@](=O)(N[C@@H](C)C(=O)OC(C)(C)C)Oc3ccccc3)[C@]2(OC(C)=O)[C@H]1OC(C)=O. The first kappa shape index (κ1) is 35.3. The molecular formula is C30H37N6O10P. The number of carbonyl (C=O) groups is 3. The van der Waals surface area contributed by atoms with E-state index in [1.165, 1.54) is 36.8 Å². The van der Waals surface area contributed by atoms with E-state index >= 15 is 0 Å². The van der Waals surface area contributed by atoms with Gasteiger partial charge in [0.1, 0.15) is 41.1 Å². The Morgan fingerprint density at radius 2 is 1.83 bits per heavy atom. The number of hydrogen-bond acceptors (Lipinski definition) is 13. The zero-order valence-corrected chi connectivity index (χ0v) is 27.8. The molecule has 0 spiro atoms. The molecule has 7 atom stereocenters. The van der Waals surface area contributed by atoms with Crippen molar-refractivity contribution in [3.05, 3.63) is 53.9 Å². The van der Waals surface area contributed by atoms with Gasteiger partial charge < -0.3 is 29.2 Å². The topological polar surface area (TPSA) is 215 Å². The number of nitrogens with one attached hydrogen (secondary N) is 1. The van der Waals surface area contributed by atoms with Crippen LogP contribution in [0.4, 0.5) is 0 Å². The predicted molar refractivity (Wildman–Crippen MR) is 166 cm³/mol. The van der Waals surface area contributed by atoms with E-state index in [-0.39, 0.29) is 17.3 Å². The van der Waals surface area contributed by atoms with Gasteiger partial charge in [-0.15, -0.1) is 0 Å². The van der Waals surface area contributed by atoms with Crippen LogP contribution in [0.25, 0.3) is 0 Å². The number of benzene rings is 1. The minimum atomic E-state index is -4.67. The molecule has 17 heteroatoms. The predicted octanol–water partition coefficient (Wildman–Crippen LogP) is 2.76. The molecule has 1 aromatic carbocycles. The lowest BCUT2D eigenvalue weighted by molar-refractivity contribution is -0.174. The molecule has 1 aliphatic carbocycles. The molecule has 3 N–H and O–H groups in total. The first-order valence-electron chi connectivity index (χ1n) is 14.4. The largest absolute Gasteiger partial charge is 0.460 e. The second-order valence-electron chi connectivity index (χ2n) is 11.8. The first-order chi connectivity index (χ1) is 22.0. The third kappa shape index (κ3) is 6.66. The number of aliphatic imine (C=N–C) groups is 1. The number of nitrogens with two attached hydrogens (primary N) is 1. The highest BCUT2D eigenvalue weighted by Crippen LogP contribution is 2.70. The van der Waals surface area contributed by atoms with E-state index in [1.807, 2.05) is 6.07 Å². The molecule has 2 fully saturated rings. The van der Waals surface area contributed by atoms with Crippen molar-refractivity contribution in [2.24, 2.45) is 15.8 Å². The summed E-state index contributed by atoms with van der Waals surface area (Å²) in [6.45, 7) is 12.1. The molecule has 2 heterocycles. The molecule has 0 bridgehead atoms. The third-order valence-electron chi connectivity index (χ3n) is 7.18. The molecule has 1 aliphatic heterocycles. The zero-order valence-electron chi connectivity index (χ0n) is 27.0. The Morgan fingerprint density at radius 1 is 1.17 bits per heavy atom. The zero-order chi connectivity index (χ0) is 34.9. The molecule has 0 amide bonds. The number of nitrogens with zero attached hydrogens (tertiary/aromatic N) is 4. The number of amidine groups is 1. The van der Waals surface area contributed by atoms with Gasteiger partial charge in [-0.2, -0.15) is 15.5 Å². The van der Waals surface area contributed by atoms with Gasteiger partial charge in [0.2, 0.25) is 11.2 Å². The summed E-state index contributed by atoms with van der Waals surface area (Å²) in [7, 11) is -3.20. The van der Waals surface area contributed by atoms with Crippen LogP contribution in [0.3, 0.4) is 0 Å². The average Bonchev–Trinajstić information content (AvgIpc) is 3.24. The van der Waals surface area contributed by atoms with Gasteiger partial charge in [0.05, 0.1) is 5.69 Å². The smallest absolute Gasteiger partial charge is 0.459 e. The Balaban J connectivity index is 1.81. The number of ether oxygens (including phenoxy) is 4. The normalized spacial score (nSPS) is 26.9. The lowest BCUT2D eigenvalue weighted by atomic mass is 10.0. The lowest BCUT2D eigenvalue weighted by Gasteiger charge is -2.30. The van der Waals surface area contributed by atoms with Crippen molar-refractivity contribution in [3.8, 4) is 11.8 Å². The number of esters is 3. The van der Waals surface area contributed by atoms with Crippen molar-refractivity contribution in [1.29, 1.82) is 5.26 Å². The van der Waals surface area contributed by atoms with Crippen LogP contribution in [0.1, 0.15) is 59.0 Å². The van der Waals surface area contributed by atoms with Gasteiger partial charge in [0.15, 0.2) is 12.2 Å². The van der Waals surface area contributed by atoms with Crippen molar-refractivity contribution in [1.82, 2.24) is 9.76 Å². The molecule has 252 valence electrons. The van der Waals surface area contributed by atoms with E-state index in [0.717, 1.165) is 13.8 Å². The standard InChI is InChI=1S/C30H37N6O10P/c1-17(26(39)44-28(4,5)6)35-47(40,45-20-12-10-9-11-13-20)46-27-29(16-31)30(27,42-19(3)38)24(41-18(2)37)23(43-29)21-14-15-22(25(32)33-7)36(21)34-8/h9-15,17,23-24,27H,8H2,1-7H3,(H2,32,33)(H,35,40)/t17-,23-,24-,27?,29+,30+,47+/m0/s1.